The molecule has 1 rings (SSSR count). The van der Waals surface area contributed by atoms with Gasteiger partial charge in [-0.2, -0.15) is 0 Å². The van der Waals surface area contributed by atoms with Crippen LogP contribution < -0.4 is 5.73 Å². The summed E-state index contributed by atoms with van der Waals surface area (Å²) in [6.07, 6.45) is 0. The number of anilines is 1. The monoisotopic (exact) mass is 257 g/mol. The molecule has 0 amide bonds. The molecule has 0 radical (unpaired) electrons. The minimum atomic E-state index is 0. The third-order valence-corrected chi connectivity index (χ3v) is 1.54. The van der Waals surface area contributed by atoms with Crippen molar-refractivity contribution in [3.63, 3.8) is 0 Å². The first kappa shape index (κ1) is 24.1. The minimum Gasteiger partial charge on any atom is 0 e. The minimum absolute atomic E-state index is 0. The van der Waals surface area contributed by atoms with Crippen LogP contribution in [-0.4, -0.2) is 0 Å². The van der Waals surface area contributed by atoms with Crippen LogP contribution in [0.25, 0.3) is 0 Å². The summed E-state index contributed by atoms with van der Waals surface area (Å²) in [4.78, 5) is 0. The van der Waals surface area contributed by atoms with Crippen molar-refractivity contribution in [3.8, 4) is 0 Å². The van der Waals surface area contributed by atoms with E-state index < -0.39 is 0 Å². The number of hydrogen-bond donors (Lipinski definition) is 1. The summed E-state index contributed by atoms with van der Waals surface area (Å²) in [5.41, 5.74) is 8.92. The topological polar surface area (TPSA) is 85.7 Å². The second-order valence-electron chi connectivity index (χ2n) is 2.31. The first-order valence-electron chi connectivity index (χ1n) is 3.65. The smallest absolute Gasteiger partial charge is 0 e. The van der Waals surface area contributed by atoms with E-state index >= 15 is 0 Å². The largest absolute Gasteiger partial charge is 0 e. The average molecular weight is 257 g/mol. The maximum atomic E-state index is 7.50. The first-order valence-corrected chi connectivity index (χ1v) is 3.65. The number of nitrogen functional groups attached to an aromatic ring is 1. The predicted octanol–water partition coefficient (Wildman–Crippen LogP) is 1.77. The molecular weight excluding hydrogens is 246 g/mol. The van der Waals surface area contributed by atoms with Crippen LogP contribution in [0.4, 0.5) is 5.69 Å². The van der Waals surface area contributed by atoms with Gasteiger partial charge in [0.05, 0.1) is 0 Å². The van der Waals surface area contributed by atoms with Gasteiger partial charge in [-0.05, 0) is 25.0 Å². The quantitative estimate of drug-likeness (QED) is 0.428. The van der Waals surface area contributed by atoms with E-state index in [1.54, 1.807) is 0 Å². The molecule has 0 saturated heterocycles. The predicted molar refractivity (Wildman–Crippen MR) is 52.1 cm³/mol. The second kappa shape index (κ2) is 19.4. The molecule has 0 unspecified atom stereocenters. The second-order valence-corrected chi connectivity index (χ2v) is 2.31. The molecule has 0 saturated carbocycles. The van der Waals surface area contributed by atoms with E-state index in [0.717, 1.165) is 16.8 Å². The van der Waals surface area contributed by atoms with Crippen LogP contribution in [0, 0.1) is 33.8 Å². The molecule has 1 aromatic rings. The number of para-hydroxylation sites is 1. The van der Waals surface area contributed by atoms with Gasteiger partial charge < -0.3 is 5.73 Å². The molecule has 16 heavy (non-hydrogen) atoms. The Labute approximate surface area is 106 Å². The number of rotatable bonds is 0. The first-order chi connectivity index (χ1) is 7.22. The molecule has 0 fully saturated rings. The Morgan fingerprint density at radius 2 is 1.12 bits per heavy atom. The molecule has 2 N–H and O–H groups in total. The Kier molecular flexibility index (Phi) is 29.2. The summed E-state index contributed by atoms with van der Waals surface area (Å²) in [7, 11) is 0. The van der Waals surface area contributed by atoms with E-state index in [1.807, 2.05) is 32.0 Å². The Morgan fingerprint density at radius 3 is 1.31 bits per heavy atom. The van der Waals surface area contributed by atoms with Crippen LogP contribution in [0.3, 0.4) is 0 Å². The van der Waals surface area contributed by atoms with Gasteiger partial charge in [0.15, 0.2) is 0 Å². The van der Waals surface area contributed by atoms with Crippen LogP contribution >= 0.6 is 0 Å². The van der Waals surface area contributed by atoms with Crippen LogP contribution in [0.2, 0.25) is 0 Å². The van der Waals surface area contributed by atoms with Crippen molar-refractivity contribution in [1.82, 2.24) is 0 Å². The molecule has 0 aliphatic rings. The van der Waals surface area contributed by atoms with E-state index in [4.69, 9.17) is 19.7 Å². The van der Waals surface area contributed by atoms with Gasteiger partial charge in [0.1, 0.15) is 0 Å². The molecule has 0 spiro atoms. The SMILES string of the molecule is Cc1cccc(C)c1N.[C-]#[O+].[C-]#[O+].[C-]#[O+].[Cr]. The van der Waals surface area contributed by atoms with Gasteiger partial charge in [0, 0.05) is 23.0 Å². The normalized spacial score (nSPS) is 5.75. The molecular formula is C11H11CrNO3. The Balaban J connectivity index is -0.0000000900. The molecule has 84 valence electrons. The number of hydrogen-bond acceptors (Lipinski definition) is 1. The summed E-state index contributed by atoms with van der Waals surface area (Å²) < 4.78 is 22.5. The van der Waals surface area contributed by atoms with Crippen molar-refractivity contribution in [2.24, 2.45) is 0 Å². The fourth-order valence-electron chi connectivity index (χ4n) is 0.827. The molecule has 0 bridgehead atoms. The summed E-state index contributed by atoms with van der Waals surface area (Å²) in [5, 5.41) is 0. The average Bonchev–Trinajstić information content (AvgIpc) is 2.34. The molecule has 1 aromatic carbocycles. The van der Waals surface area contributed by atoms with Gasteiger partial charge >= 0.3 is 33.9 Å². The molecule has 0 atom stereocenters. The number of benzene rings is 1. The Morgan fingerprint density at radius 1 is 0.875 bits per heavy atom. The zero-order valence-electron chi connectivity index (χ0n) is 8.94. The van der Waals surface area contributed by atoms with Gasteiger partial charge in [0.2, 0.25) is 0 Å². The Hall–Kier alpha value is -1.23. The molecule has 0 aliphatic heterocycles. The van der Waals surface area contributed by atoms with Gasteiger partial charge in [-0.1, -0.05) is 18.2 Å². The zero-order chi connectivity index (χ0) is 12.9. The van der Waals surface area contributed by atoms with Crippen molar-refractivity contribution in [2.45, 2.75) is 13.8 Å². The standard InChI is InChI=1S/C8H11N.3CO.Cr/c1-6-4-3-5-7(2)8(6)9;3*1-2;/h3-5H,9H2,1-2H3;;;;. The fraction of sp³-hybridized carbons (Fsp3) is 0.182. The van der Waals surface area contributed by atoms with Crippen LogP contribution in [0.15, 0.2) is 18.2 Å². The van der Waals surface area contributed by atoms with E-state index in [0.29, 0.717) is 0 Å². The van der Waals surface area contributed by atoms with Crippen LogP contribution in [0.1, 0.15) is 11.1 Å². The molecule has 4 nitrogen and oxygen atoms in total. The third kappa shape index (κ3) is 10.9. The van der Waals surface area contributed by atoms with E-state index in [1.165, 1.54) is 0 Å². The van der Waals surface area contributed by atoms with Crippen molar-refractivity contribution in [2.75, 3.05) is 5.73 Å². The van der Waals surface area contributed by atoms with Crippen molar-refractivity contribution in [3.05, 3.63) is 49.3 Å². The van der Waals surface area contributed by atoms with Gasteiger partial charge in [-0.15, -0.1) is 0 Å². The summed E-state index contributed by atoms with van der Waals surface area (Å²) >= 11 is 0. The summed E-state index contributed by atoms with van der Waals surface area (Å²) in [6.45, 7) is 17.5. The maximum absolute atomic E-state index is 7.50. The third-order valence-electron chi connectivity index (χ3n) is 1.54. The van der Waals surface area contributed by atoms with Crippen LogP contribution in [-0.2, 0) is 31.3 Å². The summed E-state index contributed by atoms with van der Waals surface area (Å²) in [5.74, 6) is 0. The molecule has 0 aromatic heterocycles. The van der Waals surface area contributed by atoms with Crippen LogP contribution in [0.5, 0.6) is 0 Å². The van der Waals surface area contributed by atoms with E-state index in [2.05, 4.69) is 20.0 Å². The number of nitrogens with two attached hydrogens (primary N) is 1. The van der Waals surface area contributed by atoms with E-state index in [9.17, 15) is 0 Å². The number of aryl methyl sites for hydroxylation is 2. The van der Waals surface area contributed by atoms with Crippen molar-refractivity contribution in [1.29, 1.82) is 0 Å². The van der Waals surface area contributed by atoms with Gasteiger partial charge in [0.25, 0.3) is 0 Å². The summed E-state index contributed by atoms with van der Waals surface area (Å²) in [6, 6.07) is 6.05. The van der Waals surface area contributed by atoms with Gasteiger partial charge in [-0.3, -0.25) is 0 Å². The maximum Gasteiger partial charge on any atom is 0 e. The molecule has 0 aliphatic carbocycles. The fourth-order valence-corrected chi connectivity index (χ4v) is 0.827. The Bertz CT molecular complexity index is 297. The van der Waals surface area contributed by atoms with Crippen molar-refractivity contribution < 1.29 is 31.3 Å². The van der Waals surface area contributed by atoms with Gasteiger partial charge in [-0.25, -0.2) is 0 Å². The van der Waals surface area contributed by atoms with E-state index in [-0.39, 0.29) is 17.4 Å². The van der Waals surface area contributed by atoms with Crippen molar-refractivity contribution >= 4 is 5.69 Å². The molecule has 5 heteroatoms. The molecule has 0 heterocycles. The zero-order valence-corrected chi connectivity index (χ0v) is 10.2.